The maximum Gasteiger partial charge on any atom is 0.321 e. The summed E-state index contributed by atoms with van der Waals surface area (Å²) in [4.78, 5) is 30.1. The third-order valence-electron chi connectivity index (χ3n) is 6.97. The van der Waals surface area contributed by atoms with Gasteiger partial charge in [0, 0.05) is 29.9 Å². The van der Waals surface area contributed by atoms with Gasteiger partial charge in [-0.2, -0.15) is 4.31 Å². The first-order valence-corrected chi connectivity index (χ1v) is 14.6. The average Bonchev–Trinajstić information content (AvgIpc) is 3.28. The summed E-state index contributed by atoms with van der Waals surface area (Å²) < 4.78 is 34.3. The second-order valence-electron chi connectivity index (χ2n) is 9.36. The van der Waals surface area contributed by atoms with Crippen molar-refractivity contribution < 1.29 is 22.7 Å². The Morgan fingerprint density at radius 1 is 1.20 bits per heavy atom. The van der Waals surface area contributed by atoms with Crippen LogP contribution in [-0.2, 0) is 24.3 Å². The minimum Gasteiger partial charge on any atom is -0.468 e. The number of rotatable bonds is 7. The third kappa shape index (κ3) is 5.36. The van der Waals surface area contributed by atoms with E-state index in [1.165, 1.54) is 7.11 Å². The number of fused-ring (bicyclic) bond motifs is 1. The molecule has 2 aliphatic rings. The number of ether oxygens (including phenoxy) is 1. The zero-order valence-electron chi connectivity index (χ0n) is 20.2. The molecule has 2 aromatic rings. The van der Waals surface area contributed by atoms with E-state index in [1.54, 1.807) is 11.0 Å². The number of carbonyl (C=O) groups excluding carboxylic acids is 2. The highest BCUT2D eigenvalue weighted by Crippen LogP contribution is 2.36. The highest BCUT2D eigenvalue weighted by atomic mass is 35.5. The van der Waals surface area contributed by atoms with Crippen LogP contribution in [0.3, 0.4) is 0 Å². The molecule has 1 amide bonds. The Labute approximate surface area is 215 Å². The Kier molecular flexibility index (Phi) is 8.07. The Morgan fingerprint density at radius 3 is 2.51 bits per heavy atom. The number of halogens is 1. The first-order chi connectivity index (χ1) is 16.6. The fourth-order valence-electron chi connectivity index (χ4n) is 4.98. The van der Waals surface area contributed by atoms with E-state index < -0.39 is 34.1 Å². The molecule has 1 aromatic carbocycles. The van der Waals surface area contributed by atoms with Crippen molar-refractivity contribution in [3.05, 3.63) is 30.3 Å². The Balaban J connectivity index is 1.64. The number of methoxy groups -OCH3 is 1. The van der Waals surface area contributed by atoms with E-state index in [4.69, 9.17) is 16.3 Å². The smallest absolute Gasteiger partial charge is 0.321 e. The first kappa shape index (κ1) is 26.3. The van der Waals surface area contributed by atoms with Gasteiger partial charge in [-0.1, -0.05) is 29.8 Å². The van der Waals surface area contributed by atoms with Crippen LogP contribution in [-0.4, -0.2) is 84.8 Å². The number of alkyl halides is 1. The van der Waals surface area contributed by atoms with E-state index in [1.807, 2.05) is 24.3 Å². The molecule has 3 heterocycles. The summed E-state index contributed by atoms with van der Waals surface area (Å²) in [5.41, 5.74) is -0.499. The number of benzene rings is 1. The largest absolute Gasteiger partial charge is 0.468 e. The van der Waals surface area contributed by atoms with Crippen molar-refractivity contribution in [3.8, 4) is 0 Å². The lowest BCUT2D eigenvalue weighted by atomic mass is 9.96. The molecule has 0 radical (unpaired) electrons. The number of thiophene rings is 1. The SMILES string of the molecule is COC(=O)CN(C1CC[C@H](Cl)N(C2CCN(C(C)C)CC2)C1=O)S(=O)(=O)c1cc2ccccc2s1. The minimum absolute atomic E-state index is 0.0604. The van der Waals surface area contributed by atoms with Gasteiger partial charge in [0.15, 0.2) is 0 Å². The average molecular weight is 542 g/mol. The fraction of sp³-hybridized carbons (Fsp3) is 0.583. The normalized spacial score (nSPS) is 22.9. The number of hydrogen-bond donors (Lipinski definition) is 0. The third-order valence-corrected chi connectivity index (χ3v) is 10.8. The van der Waals surface area contributed by atoms with Gasteiger partial charge in [-0.05, 0) is 57.0 Å². The van der Waals surface area contributed by atoms with Crippen molar-refractivity contribution in [2.24, 2.45) is 0 Å². The number of sulfonamides is 1. The molecule has 192 valence electrons. The summed E-state index contributed by atoms with van der Waals surface area (Å²) in [5.74, 6) is -1.06. The maximum atomic E-state index is 13.8. The number of piperidine rings is 2. The quantitative estimate of drug-likeness (QED) is 0.303. The van der Waals surface area contributed by atoms with Crippen molar-refractivity contribution in [3.63, 3.8) is 0 Å². The van der Waals surface area contributed by atoms with E-state index in [9.17, 15) is 18.0 Å². The molecule has 2 atom stereocenters. The van der Waals surface area contributed by atoms with Gasteiger partial charge in [-0.3, -0.25) is 9.59 Å². The Bertz CT molecular complexity index is 1140. The number of amides is 1. The number of likely N-dealkylation sites (tertiary alicyclic amines) is 2. The number of carbonyl (C=O) groups is 2. The summed E-state index contributed by atoms with van der Waals surface area (Å²) >= 11 is 7.76. The molecule has 0 bridgehead atoms. The van der Waals surface area contributed by atoms with Crippen molar-refractivity contribution in [1.29, 1.82) is 0 Å². The van der Waals surface area contributed by atoms with Crippen LogP contribution in [0.5, 0.6) is 0 Å². The van der Waals surface area contributed by atoms with E-state index in [0.717, 1.165) is 51.7 Å². The topological polar surface area (TPSA) is 87.2 Å². The summed E-state index contributed by atoms with van der Waals surface area (Å²) in [5, 5.41) is 0.795. The van der Waals surface area contributed by atoms with Gasteiger partial charge in [-0.15, -0.1) is 11.3 Å². The van der Waals surface area contributed by atoms with E-state index in [2.05, 4.69) is 18.7 Å². The second kappa shape index (κ2) is 10.7. The van der Waals surface area contributed by atoms with Crippen LogP contribution < -0.4 is 0 Å². The highest BCUT2D eigenvalue weighted by Gasteiger charge is 2.46. The molecule has 11 heteroatoms. The van der Waals surface area contributed by atoms with Crippen molar-refractivity contribution in [2.75, 3.05) is 26.7 Å². The van der Waals surface area contributed by atoms with Crippen LogP contribution in [0.15, 0.2) is 34.5 Å². The van der Waals surface area contributed by atoms with Crippen molar-refractivity contribution in [2.45, 2.75) is 67.4 Å². The Hall–Kier alpha value is -1.72. The van der Waals surface area contributed by atoms with E-state index >= 15 is 0 Å². The van der Waals surface area contributed by atoms with Crippen LogP contribution in [0.2, 0.25) is 0 Å². The minimum atomic E-state index is -4.14. The summed E-state index contributed by atoms with van der Waals surface area (Å²) in [6.07, 6.45) is 2.25. The lowest BCUT2D eigenvalue weighted by molar-refractivity contribution is -0.146. The molecule has 8 nitrogen and oxygen atoms in total. The van der Waals surface area contributed by atoms with Gasteiger partial charge in [0.1, 0.15) is 22.3 Å². The molecular weight excluding hydrogens is 510 g/mol. The molecule has 2 saturated heterocycles. The van der Waals surface area contributed by atoms with Crippen LogP contribution in [0.1, 0.15) is 39.5 Å². The van der Waals surface area contributed by atoms with Gasteiger partial charge in [-0.25, -0.2) is 8.42 Å². The first-order valence-electron chi connectivity index (χ1n) is 11.9. The predicted molar refractivity (Wildman–Crippen MR) is 137 cm³/mol. The zero-order chi connectivity index (χ0) is 25.3. The molecule has 1 aromatic heterocycles. The van der Waals surface area contributed by atoms with Crippen molar-refractivity contribution in [1.82, 2.24) is 14.1 Å². The highest BCUT2D eigenvalue weighted by molar-refractivity contribution is 7.91. The molecule has 0 aliphatic carbocycles. The van der Waals surface area contributed by atoms with Crippen LogP contribution in [0, 0.1) is 0 Å². The van der Waals surface area contributed by atoms with Gasteiger partial charge in [0.2, 0.25) is 5.91 Å². The van der Waals surface area contributed by atoms with Crippen LogP contribution in [0.4, 0.5) is 0 Å². The monoisotopic (exact) mass is 541 g/mol. The molecule has 2 aliphatic heterocycles. The Morgan fingerprint density at radius 2 is 1.89 bits per heavy atom. The summed E-state index contributed by atoms with van der Waals surface area (Å²) in [7, 11) is -2.93. The van der Waals surface area contributed by atoms with Crippen LogP contribution >= 0.6 is 22.9 Å². The number of esters is 1. The summed E-state index contributed by atoms with van der Waals surface area (Å²) in [6.45, 7) is 5.47. The zero-order valence-corrected chi connectivity index (χ0v) is 22.6. The van der Waals surface area contributed by atoms with Crippen LogP contribution in [0.25, 0.3) is 10.1 Å². The standard InChI is InChI=1S/C24H32ClN3O5S2/c1-16(2)26-12-10-18(11-13-26)28-21(25)9-8-19(24(28)30)27(15-22(29)33-3)35(31,32)23-14-17-6-4-5-7-20(17)34-23/h4-7,14,16,18-19,21H,8-13,15H2,1-3H3/t19?,21-/m1/s1. The molecule has 35 heavy (non-hydrogen) atoms. The van der Waals surface area contributed by atoms with Gasteiger partial charge in [0.05, 0.1) is 7.11 Å². The van der Waals surface area contributed by atoms with Gasteiger partial charge in [0.25, 0.3) is 10.0 Å². The predicted octanol–water partition coefficient (Wildman–Crippen LogP) is 3.49. The molecule has 4 rings (SSSR count). The maximum absolute atomic E-state index is 13.8. The molecule has 2 fully saturated rings. The van der Waals surface area contributed by atoms with Gasteiger partial charge < -0.3 is 14.5 Å². The lowest BCUT2D eigenvalue weighted by Gasteiger charge is -2.46. The molecule has 0 saturated carbocycles. The number of hydrogen-bond acceptors (Lipinski definition) is 7. The molecule has 0 spiro atoms. The van der Waals surface area contributed by atoms with Gasteiger partial charge >= 0.3 is 5.97 Å². The van der Waals surface area contributed by atoms with Crippen molar-refractivity contribution >= 4 is 54.9 Å². The molecule has 1 unspecified atom stereocenters. The lowest BCUT2D eigenvalue weighted by Crippen LogP contribution is -2.61. The molecular formula is C24H32ClN3O5S2. The van der Waals surface area contributed by atoms with E-state index in [-0.39, 0.29) is 22.6 Å². The number of nitrogens with zero attached hydrogens (tertiary/aromatic N) is 3. The summed E-state index contributed by atoms with van der Waals surface area (Å²) in [6, 6.07) is 8.31. The second-order valence-corrected chi connectivity index (χ2v) is 13.1. The fourth-order valence-corrected chi connectivity index (χ4v) is 8.45. The molecule has 0 N–H and O–H groups in total. The van der Waals surface area contributed by atoms with E-state index in [0.29, 0.717) is 12.5 Å².